The van der Waals surface area contributed by atoms with Gasteiger partial charge in [-0.25, -0.2) is 0 Å². The topological polar surface area (TPSA) is 30.2 Å². The maximum absolute atomic E-state index is 16.1. The normalized spacial score (nSPS) is 12.2. The minimum atomic E-state index is -3.34. The van der Waals surface area contributed by atoms with Gasteiger partial charge in [0.25, 0.3) is 0 Å². The van der Waals surface area contributed by atoms with Gasteiger partial charge >= 0.3 is 0 Å². The van der Waals surface area contributed by atoms with Crippen LogP contribution in [0.5, 0.6) is 0 Å². The van der Waals surface area contributed by atoms with Crippen molar-refractivity contribution in [3.8, 4) is 11.1 Å². The van der Waals surface area contributed by atoms with Gasteiger partial charge in [-0.3, -0.25) is 0 Å². The summed E-state index contributed by atoms with van der Waals surface area (Å²) < 4.78 is 23.0. The summed E-state index contributed by atoms with van der Waals surface area (Å²) in [6.07, 6.45) is 0. The van der Waals surface area contributed by atoms with Crippen LogP contribution in [-0.2, 0) is 4.57 Å². The molecule has 1 heterocycles. The van der Waals surface area contributed by atoms with Gasteiger partial charge in [-0.05, 0) is 61.3 Å². The van der Waals surface area contributed by atoms with Crippen LogP contribution in [-0.4, -0.2) is 0 Å². The fourth-order valence-electron chi connectivity index (χ4n) is 7.91. The molecule has 9 aromatic carbocycles. The van der Waals surface area contributed by atoms with Gasteiger partial charge in [0.1, 0.15) is 11.2 Å². The number of hydrogen-bond donors (Lipinski definition) is 0. The highest BCUT2D eigenvalue weighted by Crippen LogP contribution is 2.51. The third-order valence-electron chi connectivity index (χ3n) is 10.1. The average Bonchev–Trinajstić information content (AvgIpc) is 3.55. The molecule has 0 N–H and O–H groups in total. The SMILES string of the molecule is O=P(c1ccccc1)(c1ccccc1)c1c2ccccc2c(-c2cc3ccccc3c3c2oc2cc4ccccc4cc23)c2ccccc12. The van der Waals surface area contributed by atoms with Crippen molar-refractivity contribution >= 4 is 88.1 Å². The van der Waals surface area contributed by atoms with E-state index in [4.69, 9.17) is 4.42 Å². The lowest BCUT2D eigenvalue weighted by molar-refractivity contribution is 0.593. The number of furan rings is 1. The van der Waals surface area contributed by atoms with Gasteiger partial charge in [0.2, 0.25) is 0 Å². The van der Waals surface area contributed by atoms with Crippen molar-refractivity contribution in [2.45, 2.75) is 0 Å². The van der Waals surface area contributed by atoms with Gasteiger partial charge in [0, 0.05) is 37.8 Å². The van der Waals surface area contributed by atoms with Crippen molar-refractivity contribution in [1.29, 1.82) is 0 Å². The van der Waals surface area contributed by atoms with E-state index in [9.17, 15) is 0 Å². The lowest BCUT2D eigenvalue weighted by atomic mass is 9.89. The van der Waals surface area contributed by atoms with Crippen LogP contribution in [0.4, 0.5) is 0 Å². The predicted molar refractivity (Wildman–Crippen MR) is 209 cm³/mol. The molecule has 0 fully saturated rings. The Hall–Kier alpha value is -5.95. The summed E-state index contributed by atoms with van der Waals surface area (Å²) in [6, 6.07) is 60.7. The van der Waals surface area contributed by atoms with E-state index in [1.807, 2.05) is 60.7 Å². The first kappa shape index (κ1) is 28.1. The molecular weight excluding hydrogens is 615 g/mol. The standard InChI is InChI=1S/C46H29O2P/c47-49(33-18-3-1-4-19-33,34-20-5-2-6-21-34)46-38-25-13-11-23-36(38)43(37-24-12-14-26-39(37)46)41-28-32-17-9-10-22-35(32)44-40-27-30-15-7-8-16-31(30)29-42(40)48-45(41)44/h1-29H. The van der Waals surface area contributed by atoms with Gasteiger partial charge in [-0.2, -0.15) is 0 Å². The third-order valence-corrected chi connectivity index (χ3v) is 13.2. The van der Waals surface area contributed by atoms with Crippen LogP contribution in [0, 0.1) is 0 Å². The highest BCUT2D eigenvalue weighted by atomic mass is 31.2. The molecular formula is C46H29O2P. The minimum absolute atomic E-state index is 0.821. The molecule has 0 atom stereocenters. The molecule has 0 aliphatic rings. The highest BCUT2D eigenvalue weighted by molar-refractivity contribution is 7.86. The van der Waals surface area contributed by atoms with E-state index in [-0.39, 0.29) is 0 Å². The van der Waals surface area contributed by atoms with Crippen molar-refractivity contribution in [1.82, 2.24) is 0 Å². The molecule has 0 spiro atoms. The van der Waals surface area contributed by atoms with Gasteiger partial charge in [0.05, 0.1) is 0 Å². The summed E-state index contributed by atoms with van der Waals surface area (Å²) in [4.78, 5) is 0. The van der Waals surface area contributed by atoms with Crippen LogP contribution >= 0.6 is 7.14 Å². The molecule has 3 heteroatoms. The molecule has 10 aromatic rings. The highest BCUT2D eigenvalue weighted by Gasteiger charge is 2.34. The van der Waals surface area contributed by atoms with E-state index in [0.717, 1.165) is 86.7 Å². The predicted octanol–water partition coefficient (Wildman–Crippen LogP) is 11.5. The second kappa shape index (κ2) is 10.8. The quantitative estimate of drug-likeness (QED) is 0.141. The second-order valence-electron chi connectivity index (χ2n) is 12.7. The first-order chi connectivity index (χ1) is 24.2. The zero-order valence-corrected chi connectivity index (χ0v) is 27.4. The Morgan fingerprint density at radius 2 is 0.878 bits per heavy atom. The first-order valence-electron chi connectivity index (χ1n) is 16.6. The molecule has 49 heavy (non-hydrogen) atoms. The second-order valence-corrected chi connectivity index (χ2v) is 15.4. The van der Waals surface area contributed by atoms with Gasteiger partial charge < -0.3 is 8.98 Å². The van der Waals surface area contributed by atoms with E-state index in [1.165, 1.54) is 5.39 Å². The molecule has 230 valence electrons. The monoisotopic (exact) mass is 644 g/mol. The lowest BCUT2D eigenvalue weighted by Gasteiger charge is -2.25. The summed E-state index contributed by atoms with van der Waals surface area (Å²) in [5.41, 5.74) is 3.85. The number of benzene rings is 9. The Balaban J connectivity index is 1.40. The largest absolute Gasteiger partial charge is 0.455 e. The van der Waals surface area contributed by atoms with Crippen molar-refractivity contribution in [2.75, 3.05) is 0 Å². The summed E-state index contributed by atoms with van der Waals surface area (Å²) in [5.74, 6) is 0. The zero-order valence-electron chi connectivity index (χ0n) is 26.5. The Kier molecular flexibility index (Phi) is 6.19. The summed E-state index contributed by atoms with van der Waals surface area (Å²) in [5, 5.41) is 13.4. The molecule has 1 aromatic heterocycles. The van der Waals surface area contributed by atoms with Gasteiger partial charge in [0.15, 0.2) is 7.14 Å². The molecule has 0 aliphatic heterocycles. The van der Waals surface area contributed by atoms with Crippen molar-refractivity contribution in [3.63, 3.8) is 0 Å². The smallest absolute Gasteiger partial charge is 0.172 e. The molecule has 2 nitrogen and oxygen atoms in total. The van der Waals surface area contributed by atoms with Crippen LogP contribution in [0.15, 0.2) is 180 Å². The van der Waals surface area contributed by atoms with Crippen LogP contribution in [0.3, 0.4) is 0 Å². The van der Waals surface area contributed by atoms with Crippen molar-refractivity contribution < 1.29 is 8.98 Å². The maximum Gasteiger partial charge on any atom is 0.172 e. The fraction of sp³-hybridized carbons (Fsp3) is 0. The fourth-order valence-corrected chi connectivity index (χ4v) is 11.0. The third kappa shape index (κ3) is 4.11. The number of fused-ring (bicyclic) bond motifs is 8. The summed E-state index contributed by atoms with van der Waals surface area (Å²) in [6.45, 7) is 0. The molecule has 0 bridgehead atoms. The lowest BCUT2D eigenvalue weighted by Crippen LogP contribution is -2.26. The van der Waals surface area contributed by atoms with Crippen molar-refractivity contribution in [3.05, 3.63) is 176 Å². The minimum Gasteiger partial charge on any atom is -0.455 e. The average molecular weight is 645 g/mol. The molecule has 0 amide bonds. The molecule has 0 saturated heterocycles. The van der Waals surface area contributed by atoms with E-state index >= 15 is 4.57 Å². The maximum atomic E-state index is 16.1. The number of rotatable bonds is 4. The molecule has 0 radical (unpaired) electrons. The van der Waals surface area contributed by atoms with E-state index < -0.39 is 7.14 Å². The van der Waals surface area contributed by atoms with Crippen LogP contribution in [0.2, 0.25) is 0 Å². The van der Waals surface area contributed by atoms with Crippen molar-refractivity contribution in [2.24, 2.45) is 0 Å². The van der Waals surface area contributed by atoms with Crippen LogP contribution in [0.1, 0.15) is 0 Å². The first-order valence-corrected chi connectivity index (χ1v) is 18.3. The number of hydrogen-bond acceptors (Lipinski definition) is 2. The van der Waals surface area contributed by atoms with Gasteiger partial charge in [-0.15, -0.1) is 0 Å². The van der Waals surface area contributed by atoms with Gasteiger partial charge in [-0.1, -0.05) is 158 Å². The molecule has 0 aliphatic carbocycles. The Morgan fingerprint density at radius 1 is 0.408 bits per heavy atom. The molecule has 0 saturated carbocycles. The molecule has 10 rings (SSSR count). The van der Waals surface area contributed by atoms with Crippen LogP contribution in [0.25, 0.3) is 76.2 Å². The van der Waals surface area contributed by atoms with Crippen LogP contribution < -0.4 is 15.9 Å². The van der Waals surface area contributed by atoms with E-state index in [0.29, 0.717) is 0 Å². The molecule has 0 unspecified atom stereocenters. The summed E-state index contributed by atoms with van der Waals surface area (Å²) >= 11 is 0. The Morgan fingerprint density at radius 3 is 1.47 bits per heavy atom. The summed E-state index contributed by atoms with van der Waals surface area (Å²) in [7, 11) is -3.34. The zero-order chi connectivity index (χ0) is 32.5. The Labute approximate surface area is 283 Å². The Bertz CT molecular complexity index is 2860. The van der Waals surface area contributed by atoms with E-state index in [1.54, 1.807) is 0 Å². The van der Waals surface area contributed by atoms with E-state index in [2.05, 4.69) is 115 Å².